The van der Waals surface area contributed by atoms with E-state index in [0.717, 1.165) is 29.5 Å². The van der Waals surface area contributed by atoms with Gasteiger partial charge in [0.2, 0.25) is 5.76 Å². The Hall–Kier alpha value is -3.33. The lowest BCUT2D eigenvalue weighted by Crippen LogP contribution is -2.38. The second-order valence-electron chi connectivity index (χ2n) is 7.36. The molecule has 1 amide bonds. The third-order valence-electron chi connectivity index (χ3n) is 5.27. The van der Waals surface area contributed by atoms with Gasteiger partial charge < -0.3 is 26.1 Å². The van der Waals surface area contributed by atoms with Crippen molar-refractivity contribution < 1.29 is 22.7 Å². The van der Waals surface area contributed by atoms with Crippen LogP contribution in [0, 0.1) is 17.0 Å². The van der Waals surface area contributed by atoms with Crippen LogP contribution in [-0.2, 0) is 22.4 Å². The minimum absolute atomic E-state index is 0.0253. The second kappa shape index (κ2) is 10.3. The molecular weight excluding hydrogens is 421 g/mol. The molecule has 0 spiro atoms. The molecule has 1 aliphatic carbocycles. The van der Waals surface area contributed by atoms with Crippen molar-refractivity contribution in [2.24, 2.45) is 5.73 Å². The summed E-state index contributed by atoms with van der Waals surface area (Å²) in [6.45, 7) is 2.09. The molecule has 4 N–H and O–H groups in total. The lowest BCUT2D eigenvalue weighted by molar-refractivity contribution is -0.118. The number of carbonyl (C=O) groups excluding carboxylic acids is 1. The summed E-state index contributed by atoms with van der Waals surface area (Å²) in [5, 5.41) is 10.2. The summed E-state index contributed by atoms with van der Waals surface area (Å²) in [6, 6.07) is 9.94. The van der Waals surface area contributed by atoms with Crippen molar-refractivity contribution in [3.8, 4) is 0 Å². The van der Waals surface area contributed by atoms with Gasteiger partial charge in [0, 0.05) is 37.4 Å². The second-order valence-corrected chi connectivity index (χ2v) is 7.36. The molecule has 2 unspecified atom stereocenters. The average molecular weight is 446 g/mol. The highest BCUT2D eigenvalue weighted by atomic mass is 19.1. The van der Waals surface area contributed by atoms with E-state index in [9.17, 15) is 18.0 Å². The van der Waals surface area contributed by atoms with Crippen molar-refractivity contribution in [1.29, 1.82) is 5.41 Å². The Kier molecular flexibility index (Phi) is 7.53. The van der Waals surface area contributed by atoms with Crippen molar-refractivity contribution in [2.75, 3.05) is 18.5 Å². The summed E-state index contributed by atoms with van der Waals surface area (Å²) in [5.41, 5.74) is 7.41. The van der Waals surface area contributed by atoms with Crippen LogP contribution in [-0.4, -0.2) is 42.5 Å². The Balaban J connectivity index is 1.95. The summed E-state index contributed by atoms with van der Waals surface area (Å²) in [5.74, 6) is -2.96. The van der Waals surface area contributed by atoms with Crippen molar-refractivity contribution in [3.63, 3.8) is 0 Å². The average Bonchev–Trinajstić information content (AvgIpc) is 2.75. The predicted molar refractivity (Wildman–Crippen MR) is 116 cm³/mol. The number of ether oxygens (including phenoxy) is 1. The molecule has 2 aromatic carbocycles. The van der Waals surface area contributed by atoms with E-state index >= 15 is 0 Å². The van der Waals surface area contributed by atoms with Gasteiger partial charge in [0.15, 0.2) is 0 Å². The van der Waals surface area contributed by atoms with Gasteiger partial charge in [-0.2, -0.15) is 0 Å². The van der Waals surface area contributed by atoms with Crippen molar-refractivity contribution in [2.45, 2.75) is 32.0 Å². The zero-order chi connectivity index (χ0) is 23.3. The predicted octanol–water partition coefficient (Wildman–Crippen LogP) is 3.52. The lowest BCUT2D eigenvalue weighted by atomic mass is 9.88. The molecule has 6 nitrogen and oxygen atoms in total. The highest BCUT2D eigenvalue weighted by Gasteiger charge is 2.33. The molecule has 0 fully saturated rings. The quantitative estimate of drug-likeness (QED) is 0.250. The zero-order valence-corrected chi connectivity index (χ0v) is 17.6. The van der Waals surface area contributed by atoms with E-state index in [4.69, 9.17) is 15.9 Å². The van der Waals surface area contributed by atoms with E-state index < -0.39 is 29.8 Å². The van der Waals surface area contributed by atoms with Gasteiger partial charge in [-0.05, 0) is 30.2 Å². The zero-order valence-electron chi connectivity index (χ0n) is 17.6. The number of hydrogen-bond acceptors (Lipinski definition) is 5. The number of hydrogen-bond donors (Lipinski definition) is 3. The van der Waals surface area contributed by atoms with Crippen molar-refractivity contribution in [1.82, 2.24) is 4.90 Å². The van der Waals surface area contributed by atoms with Gasteiger partial charge in [-0.15, -0.1) is 0 Å². The number of carbonyl (C=O) groups is 1. The number of nitrogens with zero attached hydrogens (tertiary/aromatic N) is 1. The molecule has 2 atom stereocenters. The van der Waals surface area contributed by atoms with E-state index in [1.807, 2.05) is 24.3 Å². The summed E-state index contributed by atoms with van der Waals surface area (Å²) in [7, 11) is 0. The molecule has 32 heavy (non-hydrogen) atoms. The Morgan fingerprint density at radius 2 is 1.84 bits per heavy atom. The molecule has 9 heteroatoms. The highest BCUT2D eigenvalue weighted by Crippen LogP contribution is 2.28. The number of nitrogens with one attached hydrogen (secondary N) is 2. The Labute approximate surface area is 184 Å². The van der Waals surface area contributed by atoms with Gasteiger partial charge in [-0.1, -0.05) is 24.3 Å². The Morgan fingerprint density at radius 3 is 2.41 bits per heavy atom. The molecule has 0 aromatic heterocycles. The fourth-order valence-corrected chi connectivity index (χ4v) is 3.65. The highest BCUT2D eigenvalue weighted by molar-refractivity contribution is 6.05. The molecule has 0 bridgehead atoms. The number of anilines is 1. The number of fused-ring (bicyclic) bond motifs is 1. The number of benzene rings is 2. The largest absolute Gasteiger partial charge is 0.479 e. The van der Waals surface area contributed by atoms with Gasteiger partial charge in [0.05, 0.1) is 6.67 Å². The third-order valence-corrected chi connectivity index (χ3v) is 5.27. The number of rotatable bonds is 8. The molecule has 1 aliphatic rings. The lowest BCUT2D eigenvalue weighted by Gasteiger charge is -2.31. The Bertz CT molecular complexity index is 1000. The number of amides is 1. The van der Waals surface area contributed by atoms with Crippen LogP contribution >= 0.6 is 0 Å². The van der Waals surface area contributed by atoms with Crippen LogP contribution in [0.1, 0.15) is 18.1 Å². The number of halogens is 3. The van der Waals surface area contributed by atoms with Gasteiger partial charge >= 0.3 is 0 Å². The van der Waals surface area contributed by atoms with Crippen LogP contribution < -0.4 is 11.1 Å². The van der Waals surface area contributed by atoms with Gasteiger partial charge in [0.25, 0.3) is 5.91 Å². The fraction of sp³-hybridized carbons (Fsp3) is 0.304. The fourth-order valence-electron chi connectivity index (χ4n) is 3.65. The van der Waals surface area contributed by atoms with Gasteiger partial charge in [0.1, 0.15) is 29.6 Å². The van der Waals surface area contributed by atoms with Crippen LogP contribution in [0.4, 0.5) is 18.9 Å². The first-order valence-corrected chi connectivity index (χ1v) is 10.2. The molecule has 0 radical (unpaired) electrons. The van der Waals surface area contributed by atoms with E-state index in [-0.39, 0.29) is 36.7 Å². The smallest absolute Gasteiger partial charge is 0.293 e. The molecule has 2 aromatic rings. The summed E-state index contributed by atoms with van der Waals surface area (Å²) < 4.78 is 47.9. The first-order chi connectivity index (χ1) is 15.4. The van der Waals surface area contributed by atoms with E-state index in [0.29, 0.717) is 12.6 Å². The third kappa shape index (κ3) is 5.28. The molecule has 3 rings (SSSR count). The summed E-state index contributed by atoms with van der Waals surface area (Å²) in [4.78, 5) is 14.6. The van der Waals surface area contributed by atoms with Crippen LogP contribution in [0.25, 0.3) is 0 Å². The maximum absolute atomic E-state index is 14.9. The van der Waals surface area contributed by atoms with E-state index in [1.54, 1.807) is 6.92 Å². The van der Waals surface area contributed by atoms with E-state index in [2.05, 4.69) is 5.32 Å². The topological polar surface area (TPSA) is 91.4 Å². The summed E-state index contributed by atoms with van der Waals surface area (Å²) in [6.07, 6.45) is -1.14. The van der Waals surface area contributed by atoms with E-state index in [1.165, 1.54) is 4.90 Å². The molecule has 170 valence electrons. The van der Waals surface area contributed by atoms with Gasteiger partial charge in [-0.3, -0.25) is 4.79 Å². The van der Waals surface area contributed by atoms with Crippen LogP contribution in [0.15, 0.2) is 53.9 Å². The first kappa shape index (κ1) is 23.3. The SMILES string of the molecule is CCN(CN)/C(C=N)=C(\OC1Cc2ccccc2CC1F)C(=O)Nc1cc(F)cc(F)c1. The monoisotopic (exact) mass is 446 g/mol. The minimum Gasteiger partial charge on any atom is -0.479 e. The molecule has 0 saturated carbocycles. The maximum atomic E-state index is 14.9. The molecular formula is C23H25F3N4O2. The normalized spacial score (nSPS) is 18.3. The number of alkyl halides is 1. The summed E-state index contributed by atoms with van der Waals surface area (Å²) >= 11 is 0. The number of allylic oxidation sites excluding steroid dienone is 1. The van der Waals surface area contributed by atoms with Crippen LogP contribution in [0.3, 0.4) is 0 Å². The Morgan fingerprint density at radius 1 is 1.22 bits per heavy atom. The standard InChI is InChI=1S/C23H25F3N4O2/c1-2-30(13-28)20(12-27)22(23(31)29-18-10-16(24)9-17(25)11-18)32-21-8-15-6-4-3-5-14(15)7-19(21)26/h3-6,9-12,19,21,27H,2,7-8,13,28H2,1H3,(H,29,31)/b22-20-,27-12?. The van der Waals surface area contributed by atoms with Crippen LogP contribution in [0.5, 0.6) is 0 Å². The molecule has 0 aliphatic heterocycles. The molecule has 0 saturated heterocycles. The first-order valence-electron chi connectivity index (χ1n) is 10.2. The van der Waals surface area contributed by atoms with Gasteiger partial charge in [-0.25, -0.2) is 13.2 Å². The minimum atomic E-state index is -1.39. The molecule has 0 heterocycles. The van der Waals surface area contributed by atoms with Crippen LogP contribution in [0.2, 0.25) is 0 Å². The number of nitrogens with two attached hydrogens (primary N) is 1. The van der Waals surface area contributed by atoms with Crippen molar-refractivity contribution in [3.05, 3.63) is 76.7 Å². The van der Waals surface area contributed by atoms with Crippen molar-refractivity contribution >= 4 is 17.8 Å². The maximum Gasteiger partial charge on any atom is 0.293 e.